The molecule has 5 rings (SSSR count). The maximum absolute atomic E-state index is 12.9. The summed E-state index contributed by atoms with van der Waals surface area (Å²) in [4.78, 5) is 16.1. The van der Waals surface area contributed by atoms with E-state index in [-0.39, 0.29) is 29.7 Å². The highest BCUT2D eigenvalue weighted by molar-refractivity contribution is 7.91. The molecule has 0 fully saturated rings. The number of aliphatic carboxylic acids is 1. The Morgan fingerprint density at radius 3 is 2.37 bits per heavy atom. The standard InChI is InChI=1S/C29H27F3N6O6S2/c30-29(31,32)19-5-1-18(2-6-19)12-25(27(40)41)34-14-21(11-17-3-7-22(39)8-4-17)38-15-20(36-37-38)16-44-23-9-10-26-24(13-23)35-28(45-26)46(33,42)43/h1-10,13,15,21,25,34,39H,11-12,14,16H2,(H,40,41)(H2,33,42,43). The number of carbonyl (C=O) groups is 1. The van der Waals surface area contributed by atoms with Gasteiger partial charge in [-0.3, -0.25) is 4.79 Å². The molecule has 0 bridgehead atoms. The molecule has 0 aliphatic rings. The SMILES string of the molecule is NS(=O)(=O)c1nc2cc(OCc3cn(C(CNC(Cc4ccc(C(F)(F)F)cc4)C(=O)O)Cc4ccc(O)cc4)nn3)ccc2s1. The highest BCUT2D eigenvalue weighted by Gasteiger charge is 2.30. The smallest absolute Gasteiger partial charge is 0.416 e. The number of rotatable bonds is 13. The largest absolute Gasteiger partial charge is 0.508 e. The number of sulfonamides is 1. The van der Waals surface area contributed by atoms with Crippen molar-refractivity contribution in [1.29, 1.82) is 0 Å². The van der Waals surface area contributed by atoms with Gasteiger partial charge in [-0.2, -0.15) is 13.2 Å². The molecular formula is C29H27F3N6O6S2. The van der Waals surface area contributed by atoms with E-state index in [0.29, 0.717) is 33.6 Å². The van der Waals surface area contributed by atoms with Crippen molar-refractivity contribution in [2.24, 2.45) is 5.14 Å². The van der Waals surface area contributed by atoms with Gasteiger partial charge in [0.2, 0.25) is 4.34 Å². The number of phenolic OH excluding ortho intramolecular Hbond substituents is 1. The number of aromatic hydroxyl groups is 1. The molecule has 3 aromatic carbocycles. The fourth-order valence-electron chi connectivity index (χ4n) is 4.57. The van der Waals surface area contributed by atoms with Crippen LogP contribution < -0.4 is 15.2 Å². The number of benzene rings is 3. The molecule has 0 aliphatic carbocycles. The lowest BCUT2D eigenvalue weighted by molar-refractivity contribution is -0.140. The average molecular weight is 677 g/mol. The van der Waals surface area contributed by atoms with Crippen LogP contribution in [0.2, 0.25) is 0 Å². The summed E-state index contributed by atoms with van der Waals surface area (Å²) >= 11 is 0.942. The molecular weight excluding hydrogens is 649 g/mol. The number of aromatic nitrogens is 4. The maximum atomic E-state index is 12.9. The molecule has 0 saturated carbocycles. The average Bonchev–Trinajstić information content (AvgIpc) is 3.65. The van der Waals surface area contributed by atoms with Gasteiger partial charge >= 0.3 is 12.1 Å². The molecule has 242 valence electrons. The molecule has 2 atom stereocenters. The number of nitrogens with zero attached hydrogens (tertiary/aromatic N) is 4. The first-order valence-electron chi connectivity index (χ1n) is 13.6. The molecule has 0 radical (unpaired) electrons. The first kappa shape index (κ1) is 32.8. The van der Waals surface area contributed by atoms with Crippen LogP contribution in [0.15, 0.2) is 77.3 Å². The topological polar surface area (TPSA) is 183 Å². The molecule has 0 spiro atoms. The Balaban J connectivity index is 1.29. The number of nitrogens with two attached hydrogens (primary N) is 1. The second-order valence-electron chi connectivity index (χ2n) is 10.4. The first-order valence-corrected chi connectivity index (χ1v) is 16.0. The third-order valence-corrected chi connectivity index (χ3v) is 9.28. The van der Waals surface area contributed by atoms with Crippen molar-refractivity contribution < 1.29 is 41.3 Å². The van der Waals surface area contributed by atoms with Crippen molar-refractivity contribution in [3.05, 3.63) is 95.3 Å². The van der Waals surface area contributed by atoms with Gasteiger partial charge in [0, 0.05) is 12.6 Å². The summed E-state index contributed by atoms with van der Waals surface area (Å²) in [5.74, 6) is -0.690. The number of halogens is 3. The summed E-state index contributed by atoms with van der Waals surface area (Å²) in [6.07, 6.45) is -2.55. The lowest BCUT2D eigenvalue weighted by atomic mass is 10.0. The number of ether oxygens (including phenoxy) is 1. The van der Waals surface area contributed by atoms with Gasteiger partial charge in [0.05, 0.1) is 28.0 Å². The Hall–Kier alpha value is -4.58. The minimum Gasteiger partial charge on any atom is -0.508 e. The second kappa shape index (κ2) is 13.4. The highest BCUT2D eigenvalue weighted by atomic mass is 32.2. The molecule has 0 saturated heterocycles. The fourth-order valence-corrected chi connectivity index (χ4v) is 6.20. The van der Waals surface area contributed by atoms with Crippen LogP contribution >= 0.6 is 11.3 Å². The van der Waals surface area contributed by atoms with Crippen LogP contribution in [-0.4, -0.2) is 57.2 Å². The van der Waals surface area contributed by atoms with E-state index in [4.69, 9.17) is 9.88 Å². The lowest BCUT2D eigenvalue weighted by Gasteiger charge is -2.21. The monoisotopic (exact) mass is 676 g/mol. The summed E-state index contributed by atoms with van der Waals surface area (Å²) in [6.45, 7) is 0.109. The third-order valence-electron chi connectivity index (χ3n) is 6.93. The summed E-state index contributed by atoms with van der Waals surface area (Å²) in [5.41, 5.74) is 1.26. The quantitative estimate of drug-likeness (QED) is 0.143. The van der Waals surface area contributed by atoms with E-state index < -0.39 is 39.8 Å². The van der Waals surface area contributed by atoms with Gasteiger partial charge in [0.1, 0.15) is 29.8 Å². The van der Waals surface area contributed by atoms with Crippen molar-refractivity contribution >= 4 is 37.5 Å². The molecule has 5 aromatic rings. The number of hydrogen-bond donors (Lipinski definition) is 4. The summed E-state index contributed by atoms with van der Waals surface area (Å²) in [5, 5.41) is 36.1. The number of primary sulfonamides is 1. The molecule has 12 nitrogen and oxygen atoms in total. The van der Waals surface area contributed by atoms with Crippen LogP contribution in [0.5, 0.6) is 11.5 Å². The van der Waals surface area contributed by atoms with Gasteiger partial charge in [-0.15, -0.1) is 16.4 Å². The van der Waals surface area contributed by atoms with Crippen molar-refractivity contribution in [2.75, 3.05) is 6.54 Å². The summed E-state index contributed by atoms with van der Waals surface area (Å²) in [7, 11) is -3.94. The predicted octanol–water partition coefficient (Wildman–Crippen LogP) is 3.91. The van der Waals surface area contributed by atoms with Gasteiger partial charge in [-0.25, -0.2) is 23.2 Å². The van der Waals surface area contributed by atoms with Crippen LogP contribution in [-0.2, 0) is 40.4 Å². The van der Waals surface area contributed by atoms with Crippen molar-refractivity contribution in [3.8, 4) is 11.5 Å². The molecule has 2 aromatic heterocycles. The Kier molecular flexibility index (Phi) is 9.57. The van der Waals surface area contributed by atoms with Crippen LogP contribution in [0.3, 0.4) is 0 Å². The van der Waals surface area contributed by atoms with Crippen molar-refractivity contribution in [3.63, 3.8) is 0 Å². The third kappa shape index (κ3) is 8.36. The Bertz CT molecular complexity index is 1930. The van der Waals surface area contributed by atoms with Crippen LogP contribution in [0, 0.1) is 0 Å². The van der Waals surface area contributed by atoms with E-state index in [1.807, 2.05) is 0 Å². The molecule has 17 heteroatoms. The highest BCUT2D eigenvalue weighted by Crippen LogP contribution is 2.30. The van der Waals surface area contributed by atoms with Crippen LogP contribution in [0.4, 0.5) is 13.2 Å². The second-order valence-corrected chi connectivity index (χ2v) is 13.1. The molecule has 2 unspecified atom stereocenters. The Labute approximate surface area is 264 Å². The van der Waals surface area contributed by atoms with Gasteiger partial charge in [-0.05, 0) is 60.4 Å². The molecule has 2 heterocycles. The number of carboxylic acid groups (broad SMARTS) is 1. The Morgan fingerprint density at radius 1 is 1.04 bits per heavy atom. The number of nitrogens with one attached hydrogen (secondary N) is 1. The zero-order valence-corrected chi connectivity index (χ0v) is 25.4. The zero-order valence-electron chi connectivity index (χ0n) is 23.8. The summed E-state index contributed by atoms with van der Waals surface area (Å²) < 4.78 is 69.9. The predicted molar refractivity (Wildman–Crippen MR) is 161 cm³/mol. The van der Waals surface area contributed by atoms with E-state index in [2.05, 4.69) is 20.6 Å². The van der Waals surface area contributed by atoms with E-state index >= 15 is 0 Å². The lowest BCUT2D eigenvalue weighted by Crippen LogP contribution is -2.42. The molecule has 0 amide bonds. The number of thiazole rings is 1. The molecule has 5 N–H and O–H groups in total. The minimum atomic E-state index is -4.50. The van der Waals surface area contributed by atoms with Crippen molar-refractivity contribution in [1.82, 2.24) is 25.3 Å². The Morgan fingerprint density at radius 2 is 1.72 bits per heavy atom. The van der Waals surface area contributed by atoms with E-state index in [9.17, 15) is 36.6 Å². The van der Waals surface area contributed by atoms with Gasteiger partial charge in [0.25, 0.3) is 10.0 Å². The zero-order chi connectivity index (χ0) is 33.1. The molecule has 46 heavy (non-hydrogen) atoms. The summed E-state index contributed by atoms with van der Waals surface area (Å²) in [6, 6.07) is 14.1. The van der Waals surface area contributed by atoms with E-state index in [0.717, 1.165) is 29.0 Å². The van der Waals surface area contributed by atoms with Crippen LogP contribution in [0.1, 0.15) is 28.4 Å². The van der Waals surface area contributed by atoms with Gasteiger partial charge in [-0.1, -0.05) is 29.5 Å². The first-order chi connectivity index (χ1) is 21.7. The number of hydrogen-bond acceptors (Lipinski definition) is 10. The van der Waals surface area contributed by atoms with E-state index in [1.165, 1.54) is 24.3 Å². The van der Waals surface area contributed by atoms with Gasteiger partial charge in [0.15, 0.2) is 0 Å². The number of alkyl halides is 3. The number of fused-ring (bicyclic) bond motifs is 1. The molecule has 0 aliphatic heterocycles. The van der Waals surface area contributed by atoms with Crippen LogP contribution in [0.25, 0.3) is 10.2 Å². The van der Waals surface area contributed by atoms with Gasteiger partial charge < -0.3 is 20.3 Å². The number of phenols is 1. The van der Waals surface area contributed by atoms with E-state index in [1.54, 1.807) is 41.2 Å². The maximum Gasteiger partial charge on any atom is 0.416 e. The van der Waals surface area contributed by atoms with Crippen molar-refractivity contribution in [2.45, 2.75) is 42.0 Å². The minimum absolute atomic E-state index is 0.00270. The fraction of sp³-hybridized carbons (Fsp3) is 0.241. The number of carboxylic acids is 1. The normalized spacial score (nSPS) is 13.5.